The maximum absolute atomic E-state index is 12.9. The zero-order chi connectivity index (χ0) is 30.0. The van der Waals surface area contributed by atoms with Gasteiger partial charge in [0.2, 0.25) is 12.2 Å². The van der Waals surface area contributed by atoms with Gasteiger partial charge in [0.05, 0.1) is 29.8 Å². The van der Waals surface area contributed by atoms with Crippen LogP contribution in [0.2, 0.25) is 0 Å². The Balaban J connectivity index is 0.000000501. The summed E-state index contributed by atoms with van der Waals surface area (Å²) < 4.78 is 36.7. The summed E-state index contributed by atoms with van der Waals surface area (Å²) in [5.74, 6) is 0.323. The third-order valence-corrected chi connectivity index (χ3v) is 8.41. The molecule has 0 unspecified atom stereocenters. The molecule has 7 rings (SSSR count). The average Bonchev–Trinajstić information content (AvgIpc) is 3.56. The van der Waals surface area contributed by atoms with Gasteiger partial charge in [0.15, 0.2) is 0 Å². The molecule has 3 aromatic carbocycles. The summed E-state index contributed by atoms with van der Waals surface area (Å²) in [6, 6.07) is 23.3. The van der Waals surface area contributed by atoms with E-state index in [1.165, 1.54) is 11.1 Å². The molecule has 2 aliphatic heterocycles. The van der Waals surface area contributed by atoms with Crippen LogP contribution in [0.25, 0.3) is 23.1 Å². The normalized spacial score (nSPS) is 21.5. The van der Waals surface area contributed by atoms with Crippen LogP contribution in [-0.2, 0) is 26.2 Å². The number of benzene rings is 3. The number of carbonyl (C=O) groups excluding carboxylic acids is 2. The van der Waals surface area contributed by atoms with Crippen molar-refractivity contribution in [2.24, 2.45) is 0 Å². The Labute approximate surface area is 246 Å². The first-order valence-corrected chi connectivity index (χ1v) is 14.3. The number of hydrogen-bond acceptors (Lipinski definition) is 5. The summed E-state index contributed by atoms with van der Waals surface area (Å²) in [6.45, 7) is 4.84. The van der Waals surface area contributed by atoms with Crippen LogP contribution < -0.4 is 5.32 Å². The number of halogens is 3. The lowest BCUT2D eigenvalue weighted by molar-refractivity contribution is -0.156. The Kier molecular flexibility index (Phi) is 7.89. The van der Waals surface area contributed by atoms with E-state index in [0.717, 1.165) is 79.1 Å². The number of aromatic nitrogens is 2. The number of nitrogens with one attached hydrogen (secondary N) is 2. The minimum Gasteiger partial charge on any atom is -0.379 e. The van der Waals surface area contributed by atoms with Gasteiger partial charge in [-0.15, -0.1) is 0 Å². The van der Waals surface area contributed by atoms with E-state index >= 15 is 0 Å². The van der Waals surface area contributed by atoms with Crippen LogP contribution in [0.5, 0.6) is 0 Å². The quantitative estimate of drug-likeness (QED) is 0.281. The van der Waals surface area contributed by atoms with Crippen molar-refractivity contribution in [2.45, 2.75) is 30.4 Å². The lowest BCUT2D eigenvalue weighted by atomic mass is 9.92. The first kappa shape index (κ1) is 28.8. The van der Waals surface area contributed by atoms with E-state index in [1.54, 1.807) is 0 Å². The van der Waals surface area contributed by atoms with Crippen LogP contribution in [0, 0.1) is 0 Å². The largest absolute Gasteiger partial charge is 0.446 e. The molecule has 7 nitrogen and oxygen atoms in total. The molecule has 1 aliphatic carbocycles. The van der Waals surface area contributed by atoms with E-state index in [9.17, 15) is 18.0 Å². The van der Waals surface area contributed by atoms with Crippen molar-refractivity contribution in [3.05, 3.63) is 94.7 Å². The summed E-state index contributed by atoms with van der Waals surface area (Å²) in [6.07, 6.45) is 0.398. The van der Waals surface area contributed by atoms with E-state index in [4.69, 9.17) is 9.53 Å². The van der Waals surface area contributed by atoms with Gasteiger partial charge < -0.3 is 10.1 Å². The number of ether oxygens (including phenoxy) is 1. The van der Waals surface area contributed by atoms with Crippen LogP contribution in [0.3, 0.4) is 0 Å². The van der Waals surface area contributed by atoms with Gasteiger partial charge in [-0.2, -0.15) is 18.3 Å². The van der Waals surface area contributed by atoms with Crippen LogP contribution in [0.15, 0.2) is 66.7 Å². The Hall–Kier alpha value is -4.28. The first-order valence-electron chi connectivity index (χ1n) is 14.3. The van der Waals surface area contributed by atoms with Crippen molar-refractivity contribution in [1.82, 2.24) is 15.1 Å². The molecule has 3 heterocycles. The minimum atomic E-state index is -4.64. The molecule has 2 atom stereocenters. The second-order valence-electron chi connectivity index (χ2n) is 11.1. The summed E-state index contributed by atoms with van der Waals surface area (Å²) in [5, 5.41) is 11.9. The first-order chi connectivity index (χ1) is 20.8. The van der Waals surface area contributed by atoms with Gasteiger partial charge >= 0.3 is 6.18 Å². The summed E-state index contributed by atoms with van der Waals surface area (Å²) in [7, 11) is 0. The molecular weight excluding hydrogens is 557 g/mol. The van der Waals surface area contributed by atoms with Crippen LogP contribution in [-0.4, -0.2) is 66.3 Å². The van der Waals surface area contributed by atoms with E-state index < -0.39 is 17.9 Å². The highest BCUT2D eigenvalue weighted by Gasteiger charge is 2.65. The van der Waals surface area contributed by atoms with Crippen molar-refractivity contribution in [1.29, 1.82) is 0 Å². The second kappa shape index (κ2) is 11.8. The topological polar surface area (TPSA) is 87.3 Å². The van der Waals surface area contributed by atoms with E-state index in [0.29, 0.717) is 0 Å². The molecule has 222 valence electrons. The number of aldehydes is 1. The van der Waals surface area contributed by atoms with Crippen molar-refractivity contribution in [3.8, 4) is 0 Å². The fourth-order valence-corrected chi connectivity index (χ4v) is 6.04. The van der Waals surface area contributed by atoms with Crippen LogP contribution >= 0.6 is 0 Å². The van der Waals surface area contributed by atoms with Gasteiger partial charge in [-0.1, -0.05) is 60.7 Å². The summed E-state index contributed by atoms with van der Waals surface area (Å²) >= 11 is 0. The van der Waals surface area contributed by atoms with Gasteiger partial charge in [-0.05, 0) is 53.3 Å². The number of morpholine rings is 1. The molecule has 2 N–H and O–H groups in total. The molecule has 1 aromatic heterocycles. The third kappa shape index (κ3) is 6.11. The maximum Gasteiger partial charge on any atom is 0.446 e. The fourth-order valence-electron chi connectivity index (χ4n) is 6.04. The van der Waals surface area contributed by atoms with Crippen molar-refractivity contribution < 1.29 is 27.5 Å². The van der Waals surface area contributed by atoms with Gasteiger partial charge in [0, 0.05) is 36.6 Å². The lowest BCUT2D eigenvalue weighted by Gasteiger charge is -2.26. The molecule has 1 spiro atoms. The standard InChI is InChI=1S/C31H30N4O2.C2HF3O/c36-30-31(25-3-1-2-4-28(25)32-30)20-26(31)23-10-11-24-27(33-34-29(24)19-23)12-9-21-5-7-22(8-6-21)13-14-35-15-17-37-18-16-35;3-2(4,5)1-6/h1-12,19,26H,13-18,20H2,(H,32,36)(H,33,34);1H/b12-9+;/t26-,31-;/m0./s1. The van der Waals surface area contributed by atoms with Crippen LogP contribution in [0.1, 0.15) is 40.3 Å². The fraction of sp³-hybridized carbons (Fsp3) is 0.303. The number of fused-ring (bicyclic) bond motifs is 3. The monoisotopic (exact) mass is 588 g/mol. The molecule has 43 heavy (non-hydrogen) atoms. The Morgan fingerprint density at radius 2 is 1.77 bits per heavy atom. The van der Waals surface area contributed by atoms with E-state index in [-0.39, 0.29) is 11.8 Å². The number of H-pyrrole nitrogens is 1. The van der Waals surface area contributed by atoms with Crippen molar-refractivity contribution >= 4 is 40.9 Å². The van der Waals surface area contributed by atoms with Gasteiger partial charge in [-0.3, -0.25) is 19.6 Å². The lowest BCUT2D eigenvalue weighted by Crippen LogP contribution is -2.37. The molecule has 0 radical (unpaired) electrons. The van der Waals surface area contributed by atoms with Crippen molar-refractivity contribution in [2.75, 3.05) is 38.2 Å². The number of aromatic amines is 1. The minimum absolute atomic E-state index is 0.124. The maximum atomic E-state index is 12.9. The molecule has 10 heteroatoms. The van der Waals surface area contributed by atoms with E-state index in [2.05, 4.69) is 81.1 Å². The van der Waals surface area contributed by atoms with Gasteiger partial charge in [-0.25, -0.2) is 0 Å². The second-order valence-corrected chi connectivity index (χ2v) is 11.1. The zero-order valence-corrected chi connectivity index (χ0v) is 23.4. The summed E-state index contributed by atoms with van der Waals surface area (Å²) in [5.41, 5.74) is 7.30. The smallest absolute Gasteiger partial charge is 0.379 e. The van der Waals surface area contributed by atoms with Gasteiger partial charge in [0.25, 0.3) is 0 Å². The number of alkyl halides is 3. The number of carbonyl (C=O) groups is 2. The van der Waals surface area contributed by atoms with Crippen LogP contribution in [0.4, 0.5) is 18.9 Å². The highest BCUT2D eigenvalue weighted by atomic mass is 19.4. The molecule has 1 saturated carbocycles. The predicted molar refractivity (Wildman–Crippen MR) is 159 cm³/mol. The zero-order valence-electron chi connectivity index (χ0n) is 23.4. The van der Waals surface area contributed by atoms with Crippen molar-refractivity contribution in [3.63, 3.8) is 0 Å². The number of amides is 1. The Bertz CT molecular complexity index is 1660. The number of para-hydroxylation sites is 1. The molecule has 1 amide bonds. The highest BCUT2D eigenvalue weighted by molar-refractivity contribution is 6.09. The molecule has 3 aliphatic rings. The number of nitrogens with zero attached hydrogens (tertiary/aromatic N) is 2. The highest BCUT2D eigenvalue weighted by Crippen LogP contribution is 2.64. The number of anilines is 1. The van der Waals surface area contributed by atoms with E-state index in [1.807, 2.05) is 18.2 Å². The summed E-state index contributed by atoms with van der Waals surface area (Å²) in [4.78, 5) is 24.0. The average molecular weight is 589 g/mol. The molecule has 4 aromatic rings. The Morgan fingerprint density at radius 3 is 2.51 bits per heavy atom. The number of rotatable bonds is 6. The third-order valence-electron chi connectivity index (χ3n) is 8.41. The molecular formula is C33H31F3N4O3. The number of hydrogen-bond donors (Lipinski definition) is 2. The molecule has 2 fully saturated rings. The van der Waals surface area contributed by atoms with Gasteiger partial charge in [0.1, 0.15) is 0 Å². The SMILES string of the molecule is O=C1Nc2ccccc2[C@]12C[C@H]2c1ccc2c(/C=C/c3ccc(CCN4CCOCC4)cc3)n[nH]c2c1.O=CC(F)(F)F. The Morgan fingerprint density at radius 1 is 1.02 bits per heavy atom. The predicted octanol–water partition coefficient (Wildman–Crippen LogP) is 5.73. The molecule has 1 saturated heterocycles. The molecule has 0 bridgehead atoms.